The Morgan fingerprint density at radius 1 is 0.530 bits per heavy atom. The van der Waals surface area contributed by atoms with E-state index in [0.29, 0.717) is 35.4 Å². The number of nitrogens with zero attached hydrogens (tertiary/aromatic N) is 1. The molecule has 502 valence electrons. The zero-order chi connectivity index (χ0) is 62.2. The molecule has 0 N–H and O–H groups in total. The van der Waals surface area contributed by atoms with Crippen molar-refractivity contribution in [3.8, 4) is 0 Å². The summed E-state index contributed by atoms with van der Waals surface area (Å²) >= 11 is 2.14. The summed E-state index contributed by atoms with van der Waals surface area (Å²) in [6, 6.07) is 0.847. The van der Waals surface area contributed by atoms with E-state index in [4.69, 9.17) is 33.2 Å². The molecule has 11 rings (SSSR count). The molecule has 11 fully saturated rings. The molecule has 3 aliphatic carbocycles. The molecule has 9 nitrogen and oxygen atoms in total. The lowest BCUT2D eigenvalue weighted by atomic mass is 9.67. The summed E-state index contributed by atoms with van der Waals surface area (Å²) in [5, 5.41) is 1.01. The van der Waals surface area contributed by atoms with Crippen LogP contribution in [0.4, 0.5) is 0 Å². The standard InChI is InChI=1S/C11H18O.C8H16.C7H14O.C6H13N.C6H12O2.2C6H12O.C6H12S.2C5H10O.3C2H6.CH4/c1-4-11-6-5-8(7-9(11)12)10(11,2)3;1-2-8-6-4-3-5-7-8;1-2-7-4-3-5-8-6-7;1-6-4-3-5-7(6)2;1-5-4-7-6(2,3)8-5;3*1-2-6-4-3-5-7-6;1-5-2-3-6-4-5;1-5-3-2-4-6-5;3*1-2;/h8H,4-7H2,1-3H3;8H,2-7H2,1H3;7H,2-6H2,1H3;6H,3-5H2,1-2H3;5H,4H2,1-3H3;3*6H,2-5H2,1H3;2*5H,2-4H2,1H3;3*1-2H3;1H4. The third-order valence-corrected chi connectivity index (χ3v) is 20.2. The maximum atomic E-state index is 11.8. The fraction of sp³-hybridized carbons (Fsp3) is 0.986. The molecule has 8 aliphatic heterocycles. The summed E-state index contributed by atoms with van der Waals surface area (Å²) < 4.78 is 36.6. The van der Waals surface area contributed by atoms with Crippen LogP contribution in [0.5, 0.6) is 0 Å². The highest BCUT2D eigenvalue weighted by molar-refractivity contribution is 8.00. The highest BCUT2D eigenvalue weighted by Gasteiger charge is 2.62. The second-order valence-corrected chi connectivity index (χ2v) is 26.9. The summed E-state index contributed by atoms with van der Waals surface area (Å²) in [6.45, 7) is 51.4. The molecule has 11 aliphatic rings. The van der Waals surface area contributed by atoms with E-state index in [9.17, 15) is 4.79 Å². The first kappa shape index (κ1) is 86.9. The average molecular weight is 1200 g/mol. The Hall–Kier alpha value is -0.300. The molecule has 8 heterocycles. The molecular formula is C73H151NO8S. The van der Waals surface area contributed by atoms with Crippen LogP contribution in [-0.2, 0) is 38.0 Å². The smallest absolute Gasteiger partial charge is 0.163 e. The van der Waals surface area contributed by atoms with Crippen molar-refractivity contribution in [3.05, 3.63) is 0 Å². The molecular weight excluding hydrogens is 1050 g/mol. The maximum Gasteiger partial charge on any atom is 0.163 e. The summed E-state index contributed by atoms with van der Waals surface area (Å²) in [7, 11) is 2.19. The van der Waals surface area contributed by atoms with Gasteiger partial charge >= 0.3 is 0 Å². The lowest BCUT2D eigenvalue weighted by molar-refractivity contribution is -0.136. The quantitative estimate of drug-likeness (QED) is 0.256. The molecule has 0 amide bonds. The number of thioether (sulfide) groups is 1. The first-order valence-corrected chi connectivity index (χ1v) is 36.6. The van der Waals surface area contributed by atoms with Crippen LogP contribution in [0, 0.1) is 34.5 Å². The van der Waals surface area contributed by atoms with Crippen molar-refractivity contribution < 1.29 is 38.0 Å². The monoisotopic (exact) mass is 1200 g/mol. The van der Waals surface area contributed by atoms with Crippen molar-refractivity contribution >= 4 is 17.5 Å². The van der Waals surface area contributed by atoms with Crippen molar-refractivity contribution in [1.29, 1.82) is 0 Å². The molecule has 0 radical (unpaired) electrons. The van der Waals surface area contributed by atoms with Crippen LogP contribution in [0.15, 0.2) is 0 Å². The number of carbonyl (C=O) groups is 1. The molecule has 0 aromatic rings. The molecule has 10 atom stereocenters. The van der Waals surface area contributed by atoms with E-state index in [1.807, 2.05) is 62.3 Å². The number of carbonyl (C=O) groups excluding carboxylic acids is 1. The van der Waals surface area contributed by atoms with Crippen molar-refractivity contribution in [1.82, 2.24) is 4.90 Å². The van der Waals surface area contributed by atoms with Gasteiger partial charge < -0.3 is 38.1 Å². The number of Topliss-reactive ketones (excluding diaryl/α,β-unsaturated/α-hetero) is 1. The maximum absolute atomic E-state index is 11.8. The minimum atomic E-state index is -0.334. The van der Waals surface area contributed by atoms with Gasteiger partial charge in [0, 0.05) is 69.4 Å². The van der Waals surface area contributed by atoms with Gasteiger partial charge in [-0.1, -0.05) is 156 Å². The number of fused-ring (bicyclic) bond motifs is 2. The third kappa shape index (κ3) is 38.8. The van der Waals surface area contributed by atoms with Crippen molar-refractivity contribution in [2.75, 3.05) is 72.2 Å². The van der Waals surface area contributed by atoms with Gasteiger partial charge in [0.15, 0.2) is 5.79 Å². The van der Waals surface area contributed by atoms with Gasteiger partial charge in [-0.25, -0.2) is 0 Å². The first-order valence-electron chi connectivity index (χ1n) is 35.6. The zero-order valence-electron chi connectivity index (χ0n) is 59.1. The first-order chi connectivity index (χ1) is 39.4. The molecule has 83 heavy (non-hydrogen) atoms. The van der Waals surface area contributed by atoms with Crippen LogP contribution in [-0.4, -0.2) is 124 Å². The van der Waals surface area contributed by atoms with E-state index in [-0.39, 0.29) is 24.7 Å². The average Bonchev–Trinajstić information content (AvgIpc) is 1.81. The third-order valence-electron chi connectivity index (χ3n) is 18.7. The minimum Gasteiger partial charge on any atom is -0.381 e. The summed E-state index contributed by atoms with van der Waals surface area (Å²) in [4.78, 5) is 14.2. The van der Waals surface area contributed by atoms with Gasteiger partial charge in [0.25, 0.3) is 0 Å². The number of ether oxygens (including phenoxy) is 7. The van der Waals surface area contributed by atoms with Crippen molar-refractivity contribution in [2.24, 2.45) is 34.5 Å². The topological polar surface area (TPSA) is 84.9 Å². The van der Waals surface area contributed by atoms with Gasteiger partial charge in [0.05, 0.1) is 31.0 Å². The Morgan fingerprint density at radius 3 is 1.29 bits per heavy atom. The lowest BCUT2D eigenvalue weighted by Gasteiger charge is -2.35. The van der Waals surface area contributed by atoms with Crippen LogP contribution in [0.25, 0.3) is 0 Å². The van der Waals surface area contributed by atoms with Gasteiger partial charge in [-0.05, 0) is 205 Å². The molecule has 10 unspecified atom stereocenters. The fourth-order valence-electron chi connectivity index (χ4n) is 12.6. The molecule has 2 bridgehead atoms. The Labute approximate surface area is 525 Å². The van der Waals surface area contributed by atoms with Crippen LogP contribution < -0.4 is 0 Å². The molecule has 3 saturated carbocycles. The molecule has 0 aromatic heterocycles. The zero-order valence-corrected chi connectivity index (χ0v) is 59.9. The van der Waals surface area contributed by atoms with Gasteiger partial charge in [-0.3, -0.25) is 4.79 Å². The van der Waals surface area contributed by atoms with Crippen LogP contribution in [0.2, 0.25) is 0 Å². The van der Waals surface area contributed by atoms with E-state index in [1.165, 1.54) is 166 Å². The lowest BCUT2D eigenvalue weighted by Crippen LogP contribution is -2.34. The van der Waals surface area contributed by atoms with Crippen LogP contribution >= 0.6 is 11.8 Å². The summed E-state index contributed by atoms with van der Waals surface area (Å²) in [5.74, 6) is 5.09. The minimum absolute atomic E-state index is 0. The fourth-order valence-corrected chi connectivity index (χ4v) is 13.8. The highest BCUT2D eigenvalue weighted by atomic mass is 32.2. The van der Waals surface area contributed by atoms with E-state index >= 15 is 0 Å². The highest BCUT2D eigenvalue weighted by Crippen LogP contribution is 2.65. The number of likely N-dealkylation sites (tertiary alicyclic amines) is 1. The predicted molar refractivity (Wildman–Crippen MR) is 366 cm³/mol. The Bertz CT molecular complexity index is 1280. The van der Waals surface area contributed by atoms with E-state index in [0.717, 1.165) is 101 Å². The molecule has 10 heteroatoms. The van der Waals surface area contributed by atoms with Gasteiger partial charge in [0.1, 0.15) is 5.78 Å². The van der Waals surface area contributed by atoms with E-state index in [2.05, 4.69) is 99.9 Å². The molecule has 8 saturated heterocycles. The number of hydrogen-bond acceptors (Lipinski definition) is 10. The Kier molecular flexibility index (Phi) is 57.2. The van der Waals surface area contributed by atoms with E-state index in [1.54, 1.807) is 0 Å². The largest absolute Gasteiger partial charge is 0.381 e. The van der Waals surface area contributed by atoms with Gasteiger partial charge in [0.2, 0.25) is 0 Å². The van der Waals surface area contributed by atoms with Gasteiger partial charge in [-0.2, -0.15) is 11.8 Å². The normalized spacial score (nSPS) is 31.0. The van der Waals surface area contributed by atoms with Crippen molar-refractivity contribution in [2.45, 2.75) is 361 Å². The SMILES string of the molecule is C.CC.CC.CC.CC1CCCN1C.CC1CCCO1.CC1CCOC1.CC1COC(C)(C)O1.CCC12CCC(CC1=O)C2(C)C.CCC1CCCCC1.CCC1CCCO1.CCC1CCCO1.CCC1CCCOC1.CCC1CCCS1. The number of hydrogen-bond donors (Lipinski definition) is 0. The Morgan fingerprint density at radius 2 is 1.08 bits per heavy atom. The van der Waals surface area contributed by atoms with E-state index < -0.39 is 0 Å². The van der Waals surface area contributed by atoms with Crippen LogP contribution in [0.3, 0.4) is 0 Å². The summed E-state index contributed by atoms with van der Waals surface area (Å²) in [6.07, 6.45) is 37.7. The van der Waals surface area contributed by atoms with Crippen molar-refractivity contribution in [3.63, 3.8) is 0 Å². The molecule has 0 spiro atoms. The number of ketones is 1. The number of rotatable bonds is 6. The molecule has 0 aromatic carbocycles. The second-order valence-electron chi connectivity index (χ2n) is 25.5. The Balaban J connectivity index is -0.000000852. The second kappa shape index (κ2) is 54.6. The summed E-state index contributed by atoms with van der Waals surface area (Å²) in [5.41, 5.74) is 0.358. The predicted octanol–water partition coefficient (Wildman–Crippen LogP) is 21.2. The van der Waals surface area contributed by atoms with Gasteiger partial charge in [-0.15, -0.1) is 0 Å². The van der Waals surface area contributed by atoms with Crippen LogP contribution in [0.1, 0.15) is 319 Å².